The molecule has 7 nitrogen and oxygen atoms in total. The molecule has 2 bridgehead atoms. The summed E-state index contributed by atoms with van der Waals surface area (Å²) in [5.74, 6) is -3.62. The van der Waals surface area contributed by atoms with Gasteiger partial charge in [-0.2, -0.15) is 5.26 Å². The Labute approximate surface area is 185 Å². The van der Waals surface area contributed by atoms with Crippen molar-refractivity contribution in [2.75, 3.05) is 23.0 Å². The van der Waals surface area contributed by atoms with Crippen LogP contribution in [0.15, 0.2) is 41.2 Å². The number of nitrogens with zero attached hydrogens (tertiary/aromatic N) is 3. The third-order valence-electron chi connectivity index (χ3n) is 5.85. The highest BCUT2D eigenvalue weighted by molar-refractivity contribution is 6.12. The van der Waals surface area contributed by atoms with E-state index in [4.69, 9.17) is 0 Å². The molecule has 0 radical (unpaired) electrons. The molecule has 0 fully saturated rings. The summed E-state index contributed by atoms with van der Waals surface area (Å²) in [7, 11) is 0. The third kappa shape index (κ3) is 3.34. The minimum absolute atomic E-state index is 0.0946. The van der Waals surface area contributed by atoms with Gasteiger partial charge in [0.2, 0.25) is 5.56 Å². The lowest BCUT2D eigenvalue weighted by Gasteiger charge is -2.39. The second kappa shape index (κ2) is 7.79. The zero-order valence-electron chi connectivity index (χ0n) is 17.1. The minimum Gasteiger partial charge on any atom is -0.324 e. The summed E-state index contributed by atoms with van der Waals surface area (Å²) in [5.41, 5.74) is 1.04. The second-order valence-corrected chi connectivity index (χ2v) is 7.73. The average molecular weight is 451 g/mol. The topological polar surface area (TPSA) is 92.2 Å². The fraction of sp³-hybridized carbons (Fsp3) is 0.174. The monoisotopic (exact) mass is 451 g/mol. The van der Waals surface area contributed by atoms with Gasteiger partial charge < -0.3 is 15.2 Å². The van der Waals surface area contributed by atoms with E-state index < -0.39 is 23.4 Å². The number of pyridine rings is 1. The standard InChI is InChI=1S/C23H16F3N5O2/c24-15-1-2-19-14(13(15)9-27)10-28-6-5-18-20(3-4-22(32)29-18)31-11-30(19)21-8-17(26)16(25)7-12(21)23(31)33/h1-4,7-8,28H,5-6,10-11H2,(H,29,32). The summed E-state index contributed by atoms with van der Waals surface area (Å²) in [5, 5.41) is 12.7. The number of carbonyl (C=O) groups excluding carboxylic acids is 1. The van der Waals surface area contributed by atoms with E-state index in [9.17, 15) is 28.0 Å². The molecular formula is C23H16F3N5O2. The number of benzene rings is 2. The number of anilines is 3. The molecule has 2 N–H and O–H groups in total. The number of aromatic amines is 1. The van der Waals surface area contributed by atoms with Gasteiger partial charge >= 0.3 is 0 Å². The van der Waals surface area contributed by atoms with Gasteiger partial charge in [-0.1, -0.05) is 0 Å². The Morgan fingerprint density at radius 2 is 1.67 bits per heavy atom. The summed E-state index contributed by atoms with van der Waals surface area (Å²) in [6, 6.07) is 8.96. The molecule has 2 aliphatic heterocycles. The van der Waals surface area contributed by atoms with Crippen LogP contribution in [-0.4, -0.2) is 24.1 Å². The smallest absolute Gasteiger partial charge is 0.262 e. The number of hydrogen-bond donors (Lipinski definition) is 2. The summed E-state index contributed by atoms with van der Waals surface area (Å²) >= 11 is 0. The first kappa shape index (κ1) is 20.8. The minimum atomic E-state index is -1.19. The van der Waals surface area contributed by atoms with E-state index in [1.165, 1.54) is 28.0 Å². The maximum absolute atomic E-state index is 14.4. The quantitative estimate of drug-likeness (QED) is 0.548. The van der Waals surface area contributed by atoms with Crippen LogP contribution in [0, 0.1) is 28.8 Å². The Morgan fingerprint density at radius 1 is 0.909 bits per heavy atom. The Bertz CT molecular complexity index is 1410. The number of H-pyrrole nitrogens is 1. The number of fused-ring (bicyclic) bond motifs is 8. The van der Waals surface area contributed by atoms with Crippen molar-refractivity contribution in [1.29, 1.82) is 5.26 Å². The van der Waals surface area contributed by atoms with Crippen molar-refractivity contribution in [3.8, 4) is 6.07 Å². The Kier molecular flexibility index (Phi) is 4.91. The van der Waals surface area contributed by atoms with Gasteiger partial charge in [0, 0.05) is 48.6 Å². The number of carbonyl (C=O) groups is 1. The highest BCUT2D eigenvalue weighted by Crippen LogP contribution is 2.40. The molecule has 0 unspecified atom stereocenters. The number of nitrogens with one attached hydrogen (secondary N) is 2. The molecular weight excluding hydrogens is 435 g/mol. The van der Waals surface area contributed by atoms with Crippen LogP contribution in [0.3, 0.4) is 0 Å². The van der Waals surface area contributed by atoms with Crippen molar-refractivity contribution in [1.82, 2.24) is 10.3 Å². The van der Waals surface area contributed by atoms with Crippen LogP contribution >= 0.6 is 0 Å². The summed E-state index contributed by atoms with van der Waals surface area (Å²) in [6.07, 6.45) is 0.326. The molecule has 0 spiro atoms. The van der Waals surface area contributed by atoms with E-state index in [-0.39, 0.29) is 35.6 Å². The first-order valence-electron chi connectivity index (χ1n) is 10.1. The normalized spacial score (nSPS) is 15.2. The second-order valence-electron chi connectivity index (χ2n) is 7.73. The molecule has 5 rings (SSSR count). The number of rotatable bonds is 0. The van der Waals surface area contributed by atoms with Gasteiger partial charge in [0.25, 0.3) is 5.91 Å². The molecule has 0 saturated carbocycles. The highest BCUT2D eigenvalue weighted by Gasteiger charge is 2.35. The molecule has 0 aliphatic carbocycles. The van der Waals surface area contributed by atoms with Crippen molar-refractivity contribution < 1.29 is 18.0 Å². The Hall–Kier alpha value is -4.10. The lowest BCUT2D eigenvalue weighted by atomic mass is 10.0. The van der Waals surface area contributed by atoms with E-state index >= 15 is 0 Å². The maximum atomic E-state index is 14.4. The van der Waals surface area contributed by atoms with E-state index in [2.05, 4.69) is 10.3 Å². The van der Waals surface area contributed by atoms with E-state index in [0.717, 1.165) is 18.2 Å². The first-order valence-corrected chi connectivity index (χ1v) is 10.1. The van der Waals surface area contributed by atoms with Crippen molar-refractivity contribution in [2.45, 2.75) is 13.0 Å². The fourth-order valence-electron chi connectivity index (χ4n) is 4.29. The number of nitriles is 1. The van der Waals surface area contributed by atoms with Gasteiger partial charge in [-0.25, -0.2) is 13.2 Å². The fourth-order valence-corrected chi connectivity index (χ4v) is 4.29. The van der Waals surface area contributed by atoms with Gasteiger partial charge in [-0.15, -0.1) is 0 Å². The molecule has 0 atom stereocenters. The van der Waals surface area contributed by atoms with Gasteiger partial charge in [0.05, 0.1) is 22.5 Å². The third-order valence-corrected chi connectivity index (χ3v) is 5.85. The van der Waals surface area contributed by atoms with E-state index in [1.807, 2.05) is 6.07 Å². The van der Waals surface area contributed by atoms with Gasteiger partial charge in [-0.05, 0) is 24.3 Å². The molecule has 1 amide bonds. The largest absolute Gasteiger partial charge is 0.324 e. The number of hydrogen-bond acceptors (Lipinski definition) is 5. The first-order chi connectivity index (χ1) is 15.9. The van der Waals surface area contributed by atoms with Crippen LogP contribution in [0.2, 0.25) is 0 Å². The molecule has 1 aromatic heterocycles. The summed E-state index contributed by atoms with van der Waals surface area (Å²) < 4.78 is 42.8. The molecule has 3 aromatic rings. The number of halogens is 3. The van der Waals surface area contributed by atoms with Crippen LogP contribution in [0.5, 0.6) is 0 Å². The number of amides is 1. The molecule has 166 valence electrons. The molecule has 10 heteroatoms. The zero-order chi connectivity index (χ0) is 23.3. The van der Waals surface area contributed by atoms with Crippen molar-refractivity contribution >= 4 is 23.0 Å². The molecule has 0 saturated heterocycles. The predicted octanol–water partition coefficient (Wildman–Crippen LogP) is 3.07. The SMILES string of the molecule is N#Cc1c(F)ccc2c1CNCCc1[nH]c(=O)ccc1N1CN2c2cc(F)c(F)cc2C1=O. The van der Waals surface area contributed by atoms with Crippen LogP contribution < -0.4 is 20.7 Å². The Morgan fingerprint density at radius 3 is 2.45 bits per heavy atom. The van der Waals surface area contributed by atoms with E-state index in [1.54, 1.807) is 0 Å². The van der Waals surface area contributed by atoms with Crippen LogP contribution in [0.25, 0.3) is 0 Å². The molecule has 3 heterocycles. The van der Waals surface area contributed by atoms with Gasteiger partial charge in [0.15, 0.2) is 11.6 Å². The molecule has 2 aromatic carbocycles. The lowest BCUT2D eigenvalue weighted by molar-refractivity contribution is 0.0982. The number of aromatic nitrogens is 1. The van der Waals surface area contributed by atoms with Crippen molar-refractivity contribution in [3.05, 3.63) is 86.6 Å². The highest BCUT2D eigenvalue weighted by atomic mass is 19.2. The Balaban J connectivity index is 1.81. The zero-order valence-corrected chi connectivity index (χ0v) is 17.1. The maximum Gasteiger partial charge on any atom is 0.262 e. The van der Waals surface area contributed by atoms with Crippen molar-refractivity contribution in [3.63, 3.8) is 0 Å². The van der Waals surface area contributed by atoms with Crippen LogP contribution in [0.1, 0.15) is 27.2 Å². The summed E-state index contributed by atoms with van der Waals surface area (Å²) in [4.78, 5) is 30.9. The predicted molar refractivity (Wildman–Crippen MR) is 114 cm³/mol. The summed E-state index contributed by atoms with van der Waals surface area (Å²) in [6.45, 7) is 0.331. The molecule has 33 heavy (non-hydrogen) atoms. The van der Waals surface area contributed by atoms with Crippen molar-refractivity contribution in [2.24, 2.45) is 0 Å². The average Bonchev–Trinajstić information content (AvgIpc) is 2.81. The molecule has 2 aliphatic rings. The van der Waals surface area contributed by atoms with Gasteiger partial charge in [0.1, 0.15) is 18.6 Å². The lowest BCUT2D eigenvalue weighted by Crippen LogP contribution is -2.46. The van der Waals surface area contributed by atoms with Gasteiger partial charge in [-0.3, -0.25) is 14.5 Å². The van der Waals surface area contributed by atoms with Crippen LogP contribution in [0.4, 0.5) is 30.2 Å². The van der Waals surface area contributed by atoms with E-state index in [0.29, 0.717) is 35.6 Å². The van der Waals surface area contributed by atoms with Crippen LogP contribution in [-0.2, 0) is 13.0 Å².